The summed E-state index contributed by atoms with van der Waals surface area (Å²) < 4.78 is 43.2. The summed E-state index contributed by atoms with van der Waals surface area (Å²) in [4.78, 5) is 130. The van der Waals surface area contributed by atoms with E-state index in [1.807, 2.05) is 24.3 Å². The fraction of sp³-hybridized carbons (Fsp3) is 0.508. The second kappa shape index (κ2) is 34.0. The Morgan fingerprint density at radius 1 is 0.777 bits per heavy atom. The van der Waals surface area contributed by atoms with E-state index < -0.39 is 177 Å². The normalized spacial score (nSPS) is 24.3. The lowest BCUT2D eigenvalue weighted by Crippen LogP contribution is -2.64. The lowest BCUT2D eigenvalue weighted by atomic mass is 9.98. The van der Waals surface area contributed by atoms with Gasteiger partial charge in [-0.25, -0.2) is 9.78 Å². The summed E-state index contributed by atoms with van der Waals surface area (Å²) in [6.07, 6.45) is -13.0. The summed E-state index contributed by atoms with van der Waals surface area (Å²) in [5.74, 6) is -12.3. The SMILES string of the molecule is CCCCCOc1ccc(-c2cnc(-c3ccc(C(=O)N[C@H]4C[C@@H](O)CNC(=O)[C@@H]5[C@@H](O)[C@@H](C)CN5C(=O)[C@H]([C@H](O)CC(N)=O)NC(=O)[C@H]([C@H](O)Cc5ccc(O)c(OCCCN)c5)NC(=O)[C@@H]5C[C@@H](O)CN5C(=O)[C@H]([C@@H](C)O)NC4=O)cc3)s2)cc1.O=C(O)C(F)(F)F. The number of aliphatic hydroxyl groups excluding tert-OH is 6. The summed E-state index contributed by atoms with van der Waals surface area (Å²) >= 11 is 1.41. The molecule has 0 saturated carbocycles. The van der Waals surface area contributed by atoms with E-state index in [2.05, 4.69) is 38.5 Å². The van der Waals surface area contributed by atoms with Crippen LogP contribution in [0.25, 0.3) is 21.0 Å². The number of nitrogens with two attached hydrogens (primary N) is 2. The second-order valence-electron chi connectivity index (χ2n) is 23.0. The maximum Gasteiger partial charge on any atom is 0.490 e. The van der Waals surface area contributed by atoms with Gasteiger partial charge in [-0.15, -0.1) is 11.3 Å². The molecule has 7 rings (SSSR count). The number of unbranched alkanes of at least 4 members (excludes halogenated alkanes) is 2. The predicted octanol–water partition coefficient (Wildman–Crippen LogP) is -1.06. The number of nitrogens with one attached hydrogen (secondary N) is 5. The van der Waals surface area contributed by atoms with Crippen LogP contribution < -0.4 is 47.5 Å². The van der Waals surface area contributed by atoms with E-state index in [4.69, 9.17) is 30.8 Å². The molecule has 17 N–H and O–H groups in total. The van der Waals surface area contributed by atoms with Gasteiger partial charge < -0.3 is 98.2 Å². The Balaban J connectivity index is 0.00000189. The van der Waals surface area contributed by atoms with E-state index >= 15 is 0 Å². The maximum atomic E-state index is 14.7. The van der Waals surface area contributed by atoms with Gasteiger partial charge in [-0.1, -0.05) is 44.9 Å². The number of carbonyl (C=O) groups excluding carboxylic acids is 8. The zero-order valence-electron chi connectivity index (χ0n) is 51.4. The second-order valence-corrected chi connectivity index (χ2v) is 24.0. The fourth-order valence-corrected chi connectivity index (χ4v) is 11.4. The monoisotopic (exact) mass is 1340 g/mol. The van der Waals surface area contributed by atoms with Crippen LogP contribution in [0.15, 0.2) is 72.9 Å². The number of carboxylic acid groups (broad SMARTS) is 1. The van der Waals surface area contributed by atoms with E-state index in [-0.39, 0.29) is 42.3 Å². The summed E-state index contributed by atoms with van der Waals surface area (Å²) in [5.41, 5.74) is 12.9. The first-order valence-corrected chi connectivity index (χ1v) is 31.0. The molecule has 1 aromatic heterocycles. The van der Waals surface area contributed by atoms with Crippen molar-refractivity contribution >= 4 is 64.6 Å². The van der Waals surface area contributed by atoms with Gasteiger partial charge in [0, 0.05) is 62.1 Å². The Labute approximate surface area is 541 Å². The average Bonchev–Trinajstić information content (AvgIpc) is 1.60. The molecule has 4 heterocycles. The molecule has 514 valence electrons. The number of aromatic nitrogens is 1. The van der Waals surface area contributed by atoms with Crippen molar-refractivity contribution in [3.63, 3.8) is 0 Å². The zero-order chi connectivity index (χ0) is 69.3. The molecule has 8 amide bonds. The van der Waals surface area contributed by atoms with Crippen molar-refractivity contribution in [1.29, 1.82) is 0 Å². The molecule has 3 aliphatic rings. The third-order valence-electron chi connectivity index (χ3n) is 15.5. The van der Waals surface area contributed by atoms with Crippen LogP contribution in [0.2, 0.25) is 0 Å². The van der Waals surface area contributed by atoms with Gasteiger partial charge in [-0.3, -0.25) is 38.4 Å². The van der Waals surface area contributed by atoms with Gasteiger partial charge >= 0.3 is 12.1 Å². The van der Waals surface area contributed by atoms with Gasteiger partial charge in [-0.2, -0.15) is 13.2 Å². The molecule has 94 heavy (non-hydrogen) atoms. The zero-order valence-corrected chi connectivity index (χ0v) is 52.3. The van der Waals surface area contributed by atoms with Crippen LogP contribution in [0, 0.1) is 5.92 Å². The third kappa shape index (κ3) is 20.2. The number of thiazole rings is 1. The Morgan fingerprint density at radius 2 is 1.40 bits per heavy atom. The number of aromatic hydroxyl groups is 1. The molecule has 0 radical (unpaired) electrons. The van der Waals surface area contributed by atoms with Crippen molar-refractivity contribution in [2.75, 3.05) is 39.4 Å². The maximum absolute atomic E-state index is 14.7. The quantitative estimate of drug-likeness (QED) is 0.0469. The number of halogens is 3. The molecular formula is C61H79F3N10O19S. The lowest BCUT2D eigenvalue weighted by molar-refractivity contribution is -0.192. The summed E-state index contributed by atoms with van der Waals surface area (Å²) in [7, 11) is 0. The van der Waals surface area contributed by atoms with Crippen molar-refractivity contribution in [2.45, 2.75) is 151 Å². The fourth-order valence-electron chi connectivity index (χ4n) is 10.5. The Morgan fingerprint density at radius 3 is 2.03 bits per heavy atom. The number of fused-ring (bicyclic) bond motifs is 2. The lowest BCUT2D eigenvalue weighted by Gasteiger charge is -2.33. The minimum Gasteiger partial charge on any atom is -0.504 e. The largest absolute Gasteiger partial charge is 0.504 e. The Bertz CT molecular complexity index is 3290. The number of hydrogen-bond donors (Lipinski definition) is 15. The average molecular weight is 1350 g/mol. The summed E-state index contributed by atoms with van der Waals surface area (Å²) in [6.45, 7) is 4.09. The van der Waals surface area contributed by atoms with E-state index in [0.29, 0.717) is 23.6 Å². The number of hydrogen-bond acceptors (Lipinski definition) is 21. The van der Waals surface area contributed by atoms with Gasteiger partial charge in [0.05, 0.1) is 61.1 Å². The number of rotatable bonds is 20. The van der Waals surface area contributed by atoms with Crippen LogP contribution >= 0.6 is 11.3 Å². The molecule has 0 spiro atoms. The number of alkyl halides is 3. The van der Waals surface area contributed by atoms with Crippen molar-refractivity contribution in [2.24, 2.45) is 17.4 Å². The molecule has 13 atom stereocenters. The van der Waals surface area contributed by atoms with Crippen molar-refractivity contribution in [3.05, 3.63) is 84.1 Å². The number of phenolic OH excluding ortho intramolecular Hbond substituents is 1. The number of nitrogens with zero attached hydrogens (tertiary/aromatic N) is 3. The number of ether oxygens (including phenoxy) is 2. The molecule has 0 bridgehead atoms. The molecule has 0 aliphatic carbocycles. The van der Waals surface area contributed by atoms with E-state index in [9.17, 15) is 87.3 Å². The summed E-state index contributed by atoms with van der Waals surface area (Å²) in [5, 5.41) is 98.7. The predicted molar refractivity (Wildman–Crippen MR) is 328 cm³/mol. The van der Waals surface area contributed by atoms with Crippen molar-refractivity contribution in [1.82, 2.24) is 41.4 Å². The number of benzene rings is 3. The van der Waals surface area contributed by atoms with Crippen LogP contribution in [0.1, 0.15) is 81.6 Å². The van der Waals surface area contributed by atoms with Crippen LogP contribution in [-0.2, 0) is 44.8 Å². The Hall–Kier alpha value is -8.57. The smallest absolute Gasteiger partial charge is 0.490 e. The topological polar surface area (TPSA) is 465 Å². The number of carbonyl (C=O) groups is 9. The third-order valence-corrected chi connectivity index (χ3v) is 16.6. The number of carboxylic acids is 1. The molecule has 3 aromatic carbocycles. The van der Waals surface area contributed by atoms with E-state index in [0.717, 1.165) is 52.2 Å². The number of β-amino-alcohol motifs (C(OH)–C–C–N with tert-alkyl or cyclic N) is 1. The van der Waals surface area contributed by atoms with Gasteiger partial charge in [0.25, 0.3) is 5.91 Å². The van der Waals surface area contributed by atoms with Crippen LogP contribution in [0.3, 0.4) is 0 Å². The first-order valence-electron chi connectivity index (χ1n) is 30.1. The molecule has 3 fully saturated rings. The van der Waals surface area contributed by atoms with Gasteiger partial charge in [-0.05, 0) is 86.0 Å². The summed E-state index contributed by atoms with van der Waals surface area (Å²) in [6, 6.07) is 6.39. The van der Waals surface area contributed by atoms with E-state index in [1.54, 1.807) is 18.3 Å². The molecule has 29 nitrogen and oxygen atoms in total. The number of primary amides is 1. The van der Waals surface area contributed by atoms with Crippen molar-refractivity contribution in [3.8, 4) is 38.3 Å². The van der Waals surface area contributed by atoms with Crippen LogP contribution in [0.4, 0.5) is 13.2 Å². The molecule has 0 unspecified atom stereocenters. The highest BCUT2D eigenvalue weighted by Gasteiger charge is 2.50. The van der Waals surface area contributed by atoms with Crippen LogP contribution in [-0.4, -0.2) is 227 Å². The molecule has 33 heteroatoms. The minimum absolute atomic E-state index is 0.0270. The van der Waals surface area contributed by atoms with Gasteiger partial charge in [0.2, 0.25) is 41.4 Å². The molecule has 3 aliphatic heterocycles. The molecule has 3 saturated heterocycles. The first kappa shape index (κ1) is 74.5. The van der Waals surface area contributed by atoms with Gasteiger partial charge in [0.1, 0.15) is 47.0 Å². The van der Waals surface area contributed by atoms with E-state index in [1.165, 1.54) is 48.6 Å². The standard InChI is InChI=1S/C59H78N10O17S.C2HF3O2/c1-4-5-6-19-85-38-15-13-33(14-16-38)45-27-63-57(87-45)35-11-9-34(10-12-35)52(78)64-39-23-36(71)26-62-56(82)50-51(77)30(2)28-69(50)59(84)49(43(75)25-46(61)76)67-55(81)48(42(74)21-32-8-17-41(73)44(22-32)86-20-7-18-60)66-54(80)40-24-37(72)29-68(40)58(83)47(31(3)70)65-53(39)79;3-2(4,5)1(6)7/h8-17,22,27,30-31,36-37,39-40,42-43,47-51,70-75,77H,4-7,18-21,23-26,28-29,60H2,1-3H3,(H2,61,76)(H,62,82)(H,64,78)(H,65,79)(H,66,80)(H,67,81);(H,6,7)/t30-,31+,36+,37+,39-,40-,42+,43+,47-,48-,49-,50-,51-;/m0./s1. The first-order chi connectivity index (χ1) is 44.4. The number of phenols is 1. The number of aliphatic carboxylic acids is 1. The van der Waals surface area contributed by atoms with Crippen molar-refractivity contribution < 1.29 is 107 Å². The Kier molecular flexibility index (Phi) is 27.0. The number of amides is 8. The highest BCUT2D eigenvalue weighted by Crippen LogP contribution is 2.34. The van der Waals surface area contributed by atoms with Crippen LogP contribution in [0.5, 0.6) is 17.2 Å². The molecule has 4 aromatic rings. The molecular weight excluding hydrogens is 1270 g/mol. The highest BCUT2D eigenvalue weighted by molar-refractivity contribution is 7.18. The minimum atomic E-state index is -5.08. The highest BCUT2D eigenvalue weighted by atomic mass is 32.1. The van der Waals surface area contributed by atoms with Gasteiger partial charge in [0.15, 0.2) is 11.5 Å². The number of aliphatic hydroxyl groups is 6.